The number of benzene rings is 1. The molecule has 1 aromatic heterocycles. The van der Waals surface area contributed by atoms with Crippen LogP contribution in [0.3, 0.4) is 0 Å². The van der Waals surface area contributed by atoms with Crippen molar-refractivity contribution < 1.29 is 13.3 Å². The van der Waals surface area contributed by atoms with E-state index in [1.165, 1.54) is 6.07 Å². The van der Waals surface area contributed by atoms with E-state index in [1.54, 1.807) is 12.3 Å². The van der Waals surface area contributed by atoms with Crippen LogP contribution in [0.2, 0.25) is 0 Å². The van der Waals surface area contributed by atoms with E-state index in [4.69, 9.17) is 5.84 Å². The van der Waals surface area contributed by atoms with Gasteiger partial charge in [0.15, 0.2) is 10.0 Å². The normalized spacial score (nSPS) is 11.1. The number of aromatic nitrogens is 1. The number of nitrogens with two attached hydrogens (primary N) is 1. The van der Waals surface area contributed by atoms with Crippen LogP contribution in [0.15, 0.2) is 28.5 Å². The highest BCUT2D eigenvalue weighted by molar-refractivity contribution is 7.93. The molecule has 2 aromatic rings. The second-order valence-corrected chi connectivity index (χ2v) is 6.49. The number of nitrogens with zero attached hydrogens (tertiary/aromatic N) is 2. The van der Waals surface area contributed by atoms with Gasteiger partial charge in [-0.15, -0.1) is 11.3 Å². The summed E-state index contributed by atoms with van der Waals surface area (Å²) in [5, 5.41) is 12.8. The zero-order chi connectivity index (χ0) is 15.6. The Morgan fingerprint density at radius 1 is 1.43 bits per heavy atom. The Labute approximate surface area is 124 Å². The number of hydrogen-bond acceptors (Lipinski definition) is 8. The summed E-state index contributed by atoms with van der Waals surface area (Å²) in [6, 6.07) is 3.46. The lowest BCUT2D eigenvalue weighted by Crippen LogP contribution is -2.16. The maximum absolute atomic E-state index is 12.3. The lowest BCUT2D eigenvalue weighted by molar-refractivity contribution is -0.387. The molecule has 0 aliphatic heterocycles. The minimum absolute atomic E-state index is 0.132. The Morgan fingerprint density at radius 2 is 2.14 bits per heavy atom. The van der Waals surface area contributed by atoms with Crippen LogP contribution in [0, 0.1) is 17.0 Å². The van der Waals surface area contributed by atoms with E-state index in [1.807, 2.05) is 0 Å². The Hall–Kier alpha value is -2.24. The van der Waals surface area contributed by atoms with Gasteiger partial charge in [-0.25, -0.2) is 13.4 Å². The Bertz CT molecular complexity index is 786. The van der Waals surface area contributed by atoms with Gasteiger partial charge in [0.1, 0.15) is 0 Å². The number of sulfonamides is 1. The van der Waals surface area contributed by atoms with E-state index >= 15 is 0 Å². The summed E-state index contributed by atoms with van der Waals surface area (Å²) in [4.78, 5) is 13.7. The predicted molar refractivity (Wildman–Crippen MR) is 78.6 cm³/mol. The van der Waals surface area contributed by atoms with Gasteiger partial charge >= 0.3 is 0 Å². The molecule has 112 valence electrons. The first-order valence-corrected chi connectivity index (χ1v) is 7.90. The van der Waals surface area contributed by atoms with E-state index in [0.29, 0.717) is 5.69 Å². The summed E-state index contributed by atoms with van der Waals surface area (Å²) in [5.41, 5.74) is 2.58. The van der Waals surface area contributed by atoms with E-state index in [9.17, 15) is 18.5 Å². The molecule has 1 aromatic carbocycles. The fourth-order valence-electron chi connectivity index (χ4n) is 1.54. The third kappa shape index (κ3) is 3.26. The number of hydrazine groups is 1. The van der Waals surface area contributed by atoms with Gasteiger partial charge in [-0.3, -0.25) is 20.7 Å². The SMILES string of the molecule is Cc1csc(NS(=O)(=O)c2cc(NN)ccc2[N+](=O)[O-])n1. The maximum Gasteiger partial charge on any atom is 0.290 e. The largest absolute Gasteiger partial charge is 0.324 e. The molecule has 0 aliphatic carbocycles. The smallest absolute Gasteiger partial charge is 0.290 e. The number of hydrogen-bond donors (Lipinski definition) is 3. The first-order chi connectivity index (χ1) is 9.83. The zero-order valence-corrected chi connectivity index (χ0v) is 12.4. The number of anilines is 2. The number of aryl methyl sites for hydroxylation is 1. The highest BCUT2D eigenvalue weighted by atomic mass is 32.2. The van der Waals surface area contributed by atoms with Gasteiger partial charge in [0, 0.05) is 11.4 Å². The minimum atomic E-state index is -4.15. The van der Waals surface area contributed by atoms with Crippen LogP contribution >= 0.6 is 11.3 Å². The molecule has 0 spiro atoms. The van der Waals surface area contributed by atoms with Crippen molar-refractivity contribution in [3.8, 4) is 0 Å². The highest BCUT2D eigenvalue weighted by Gasteiger charge is 2.27. The third-order valence-corrected chi connectivity index (χ3v) is 4.83. The fraction of sp³-hybridized carbons (Fsp3) is 0.100. The molecule has 9 nitrogen and oxygen atoms in total. The first-order valence-electron chi connectivity index (χ1n) is 5.53. The third-order valence-electron chi connectivity index (χ3n) is 2.45. The summed E-state index contributed by atoms with van der Waals surface area (Å²) in [6.45, 7) is 1.70. The molecule has 0 amide bonds. The van der Waals surface area contributed by atoms with Crippen molar-refractivity contribution >= 4 is 37.9 Å². The lowest BCUT2D eigenvalue weighted by atomic mass is 10.3. The number of rotatable bonds is 5. The first kappa shape index (κ1) is 15.2. The van der Waals surface area contributed by atoms with Gasteiger partial charge in [-0.05, 0) is 19.1 Å². The van der Waals surface area contributed by atoms with Gasteiger partial charge in [-0.2, -0.15) is 0 Å². The van der Waals surface area contributed by atoms with E-state index in [-0.39, 0.29) is 10.8 Å². The molecule has 0 aliphatic rings. The van der Waals surface area contributed by atoms with Crippen LogP contribution in [0.5, 0.6) is 0 Å². The van der Waals surface area contributed by atoms with Gasteiger partial charge in [0.2, 0.25) is 0 Å². The summed E-state index contributed by atoms with van der Waals surface area (Å²) in [6.07, 6.45) is 0. The van der Waals surface area contributed by atoms with Crippen molar-refractivity contribution in [2.75, 3.05) is 10.1 Å². The van der Waals surface area contributed by atoms with E-state index in [0.717, 1.165) is 23.5 Å². The average Bonchev–Trinajstić information content (AvgIpc) is 2.82. The second-order valence-electron chi connectivity index (χ2n) is 3.98. The summed E-state index contributed by atoms with van der Waals surface area (Å²) < 4.78 is 26.8. The monoisotopic (exact) mass is 329 g/mol. The molecule has 4 N–H and O–H groups in total. The standard InChI is InChI=1S/C10H11N5O4S2/c1-6-5-20-10(12-6)14-21(18,19)9-4-7(13-11)2-3-8(9)15(16)17/h2-5,13H,11H2,1H3,(H,12,14). The molecule has 0 saturated heterocycles. The predicted octanol–water partition coefficient (Wildman–Crippen LogP) is 1.45. The minimum Gasteiger partial charge on any atom is -0.324 e. The molecule has 0 radical (unpaired) electrons. The topological polar surface area (TPSA) is 140 Å². The number of nitrogens with one attached hydrogen (secondary N) is 2. The maximum atomic E-state index is 12.3. The van der Waals surface area contributed by atoms with Crippen LogP contribution in [-0.2, 0) is 10.0 Å². The summed E-state index contributed by atoms with van der Waals surface area (Å²) in [7, 11) is -4.15. The molecular formula is C10H11N5O4S2. The Balaban J connectivity index is 2.49. The quantitative estimate of drug-likeness (QED) is 0.428. The van der Waals surface area contributed by atoms with Crippen molar-refractivity contribution in [1.29, 1.82) is 0 Å². The van der Waals surface area contributed by atoms with Gasteiger partial charge < -0.3 is 5.43 Å². The lowest BCUT2D eigenvalue weighted by Gasteiger charge is -2.08. The molecule has 0 fully saturated rings. The Morgan fingerprint density at radius 3 is 2.67 bits per heavy atom. The second kappa shape index (κ2) is 5.63. The molecule has 21 heavy (non-hydrogen) atoms. The molecule has 11 heteroatoms. The van der Waals surface area contributed by atoms with E-state index in [2.05, 4.69) is 15.1 Å². The molecular weight excluding hydrogens is 318 g/mol. The van der Waals surface area contributed by atoms with Gasteiger partial charge in [-0.1, -0.05) is 0 Å². The van der Waals surface area contributed by atoms with Crippen molar-refractivity contribution in [2.45, 2.75) is 11.8 Å². The molecule has 0 unspecified atom stereocenters. The molecule has 2 rings (SSSR count). The molecule has 0 bridgehead atoms. The van der Waals surface area contributed by atoms with Gasteiger partial charge in [0.05, 0.1) is 16.3 Å². The molecule has 0 saturated carbocycles. The number of nitro groups is 1. The van der Waals surface area contributed by atoms with Gasteiger partial charge in [0.25, 0.3) is 15.7 Å². The van der Waals surface area contributed by atoms with Crippen LogP contribution < -0.4 is 16.0 Å². The van der Waals surface area contributed by atoms with Crippen LogP contribution in [-0.4, -0.2) is 18.3 Å². The number of nitro benzene ring substituents is 1. The van der Waals surface area contributed by atoms with Crippen LogP contribution in [0.4, 0.5) is 16.5 Å². The van der Waals surface area contributed by atoms with E-state index < -0.39 is 25.5 Å². The van der Waals surface area contributed by atoms with Crippen LogP contribution in [0.25, 0.3) is 0 Å². The van der Waals surface area contributed by atoms with Crippen molar-refractivity contribution in [3.05, 3.63) is 39.4 Å². The summed E-state index contributed by atoms with van der Waals surface area (Å²) in [5.74, 6) is 5.20. The summed E-state index contributed by atoms with van der Waals surface area (Å²) >= 11 is 1.08. The molecule has 1 heterocycles. The van der Waals surface area contributed by atoms with Crippen molar-refractivity contribution in [3.63, 3.8) is 0 Å². The number of nitrogen functional groups attached to an aromatic ring is 1. The van der Waals surface area contributed by atoms with Crippen LogP contribution in [0.1, 0.15) is 5.69 Å². The molecule has 0 atom stereocenters. The van der Waals surface area contributed by atoms with Crippen molar-refractivity contribution in [2.24, 2.45) is 5.84 Å². The zero-order valence-electron chi connectivity index (χ0n) is 10.7. The average molecular weight is 329 g/mol. The Kier molecular flexibility index (Phi) is 4.06. The highest BCUT2D eigenvalue weighted by Crippen LogP contribution is 2.29. The number of thiazole rings is 1. The fourth-order valence-corrected chi connectivity index (χ4v) is 3.68. The van der Waals surface area contributed by atoms with Crippen molar-refractivity contribution in [1.82, 2.24) is 4.98 Å².